The first-order valence-corrected chi connectivity index (χ1v) is 7.49. The molecule has 14 heavy (non-hydrogen) atoms. The summed E-state index contributed by atoms with van der Waals surface area (Å²) in [6.07, 6.45) is 3.96. The lowest BCUT2D eigenvalue weighted by molar-refractivity contribution is 0.518. The van der Waals surface area contributed by atoms with Gasteiger partial charge in [0.1, 0.15) is 4.34 Å². The van der Waals surface area contributed by atoms with Crippen LogP contribution in [0.5, 0.6) is 0 Å². The molecule has 1 heterocycles. The highest BCUT2D eigenvalue weighted by atomic mass is 79.9. The summed E-state index contributed by atoms with van der Waals surface area (Å²) in [5.41, 5.74) is 0.580. The van der Waals surface area contributed by atoms with Gasteiger partial charge in [-0.05, 0) is 46.7 Å². The first-order valence-electron chi connectivity index (χ1n) is 4.59. The maximum absolute atomic E-state index is 6.01. The summed E-state index contributed by atoms with van der Waals surface area (Å²) in [4.78, 5) is 1.79. The van der Waals surface area contributed by atoms with Crippen molar-refractivity contribution in [2.75, 3.05) is 0 Å². The van der Waals surface area contributed by atoms with Crippen LogP contribution in [-0.4, -0.2) is 0 Å². The Bertz CT molecular complexity index is 324. The quantitative estimate of drug-likeness (QED) is 0.600. The van der Waals surface area contributed by atoms with E-state index in [1.54, 1.807) is 11.3 Å². The van der Waals surface area contributed by atoms with E-state index in [1.807, 2.05) is 0 Å². The van der Waals surface area contributed by atoms with Crippen LogP contribution in [0.15, 0.2) is 10.5 Å². The van der Waals surface area contributed by atoms with E-state index in [2.05, 4.69) is 44.8 Å². The largest absolute Gasteiger partial charge is 0.126 e. The van der Waals surface area contributed by atoms with E-state index >= 15 is 0 Å². The molecule has 0 radical (unpaired) electrons. The van der Waals surface area contributed by atoms with Crippen LogP contribution in [0.4, 0.5) is 0 Å². The van der Waals surface area contributed by atoms with Crippen LogP contribution in [-0.2, 0) is 0 Å². The average Bonchev–Trinajstić information content (AvgIpc) is 2.71. The van der Waals surface area contributed by atoms with E-state index in [9.17, 15) is 0 Å². The molecule has 78 valence electrons. The lowest BCUT2D eigenvalue weighted by atomic mass is 10.0. The fourth-order valence-electron chi connectivity index (χ4n) is 1.47. The van der Waals surface area contributed by atoms with Crippen molar-refractivity contribution in [1.29, 1.82) is 0 Å². The highest BCUT2D eigenvalue weighted by Gasteiger charge is 2.39. The van der Waals surface area contributed by atoms with Gasteiger partial charge in [-0.3, -0.25) is 0 Å². The molecule has 2 rings (SSSR count). The van der Waals surface area contributed by atoms with E-state index in [0.29, 0.717) is 10.2 Å². The smallest absolute Gasteiger partial charge is 0.107 e. The minimum Gasteiger partial charge on any atom is -0.126 e. The van der Waals surface area contributed by atoms with Crippen molar-refractivity contribution < 1.29 is 0 Å². The van der Waals surface area contributed by atoms with E-state index in [0.717, 1.165) is 8.81 Å². The molecule has 0 saturated heterocycles. The molecule has 1 aromatic heterocycles. The predicted molar refractivity (Wildman–Crippen MR) is 70.7 cm³/mol. The van der Waals surface area contributed by atoms with Crippen molar-refractivity contribution in [2.45, 2.75) is 31.0 Å². The van der Waals surface area contributed by atoms with Crippen LogP contribution >= 0.6 is 54.8 Å². The number of rotatable bonds is 3. The number of hydrogen-bond donors (Lipinski definition) is 0. The third kappa shape index (κ3) is 2.55. The van der Waals surface area contributed by atoms with Gasteiger partial charge < -0.3 is 0 Å². The molecule has 0 bridgehead atoms. The van der Waals surface area contributed by atoms with Gasteiger partial charge in [-0.1, -0.05) is 34.5 Å². The maximum Gasteiger partial charge on any atom is 0.107 e. The maximum atomic E-state index is 6.01. The first-order chi connectivity index (χ1) is 6.50. The Morgan fingerprint density at radius 2 is 2.29 bits per heavy atom. The lowest BCUT2D eigenvalue weighted by Gasteiger charge is -2.12. The second-order valence-corrected chi connectivity index (χ2v) is 7.90. The molecule has 1 aromatic rings. The SMILES string of the molecule is CC1(CC(Br)c2cc(Br)c(Cl)s2)CC1. The normalized spacial score (nSPS) is 20.9. The zero-order valence-corrected chi connectivity index (χ0v) is 12.6. The number of hydrogen-bond acceptors (Lipinski definition) is 1. The summed E-state index contributed by atoms with van der Waals surface area (Å²) in [6, 6.07) is 2.12. The topological polar surface area (TPSA) is 0 Å². The average molecular weight is 359 g/mol. The van der Waals surface area contributed by atoms with E-state index in [4.69, 9.17) is 11.6 Å². The van der Waals surface area contributed by atoms with Crippen molar-refractivity contribution in [3.63, 3.8) is 0 Å². The van der Waals surface area contributed by atoms with Crippen molar-refractivity contribution in [1.82, 2.24) is 0 Å². The Kier molecular flexibility index (Phi) is 3.33. The third-order valence-electron chi connectivity index (χ3n) is 2.75. The van der Waals surface area contributed by atoms with Gasteiger partial charge in [-0.2, -0.15) is 0 Å². The Morgan fingerprint density at radius 1 is 1.64 bits per heavy atom. The minimum atomic E-state index is 0.462. The Balaban J connectivity index is 2.06. The van der Waals surface area contributed by atoms with Crippen molar-refractivity contribution in [3.05, 3.63) is 19.8 Å². The molecule has 0 N–H and O–H groups in total. The molecule has 0 amide bonds. The summed E-state index contributed by atoms with van der Waals surface area (Å²) in [7, 11) is 0. The third-order valence-corrected chi connectivity index (χ3v) is 6.46. The number of alkyl halides is 1. The summed E-state index contributed by atoms with van der Waals surface area (Å²) in [6.45, 7) is 2.35. The molecule has 1 aliphatic rings. The van der Waals surface area contributed by atoms with Crippen molar-refractivity contribution in [3.8, 4) is 0 Å². The van der Waals surface area contributed by atoms with Gasteiger partial charge in [-0.15, -0.1) is 11.3 Å². The molecule has 1 unspecified atom stereocenters. The molecule has 4 heteroatoms. The molecule has 1 fully saturated rings. The highest BCUT2D eigenvalue weighted by Crippen LogP contribution is 2.54. The van der Waals surface area contributed by atoms with Crippen LogP contribution < -0.4 is 0 Å². The van der Waals surface area contributed by atoms with E-state index in [1.165, 1.54) is 24.1 Å². The van der Waals surface area contributed by atoms with Gasteiger partial charge in [-0.25, -0.2) is 0 Å². The second kappa shape index (κ2) is 4.08. The van der Waals surface area contributed by atoms with Gasteiger partial charge in [0.2, 0.25) is 0 Å². The standard InChI is InChI=1S/C10H11Br2ClS/c1-10(2-3-10)5-7(12)8-4-6(11)9(13)14-8/h4,7H,2-3,5H2,1H3. The highest BCUT2D eigenvalue weighted by molar-refractivity contribution is 9.10. The first kappa shape index (κ1) is 11.4. The number of halogens is 3. The van der Waals surface area contributed by atoms with Crippen LogP contribution in [0.25, 0.3) is 0 Å². The summed E-state index contributed by atoms with van der Waals surface area (Å²) < 4.78 is 1.87. The molecule has 0 spiro atoms. The number of thiophene rings is 1. The molecule has 1 aliphatic carbocycles. The Hall–Kier alpha value is 0.950. The van der Waals surface area contributed by atoms with Gasteiger partial charge in [0.25, 0.3) is 0 Å². The summed E-state index contributed by atoms with van der Waals surface area (Å²) in [5.74, 6) is 0. The van der Waals surface area contributed by atoms with E-state index in [-0.39, 0.29) is 0 Å². The van der Waals surface area contributed by atoms with Gasteiger partial charge in [0, 0.05) is 14.2 Å². The molecule has 0 nitrogen and oxygen atoms in total. The molecule has 0 aliphatic heterocycles. The van der Waals surface area contributed by atoms with Crippen LogP contribution in [0, 0.1) is 5.41 Å². The fourth-order valence-corrected chi connectivity index (χ4v) is 4.38. The molecular weight excluding hydrogens is 347 g/mol. The van der Waals surface area contributed by atoms with Gasteiger partial charge in [0.05, 0.1) is 0 Å². The zero-order chi connectivity index (χ0) is 10.3. The molecule has 1 atom stereocenters. The Labute approximate surface area is 110 Å². The van der Waals surface area contributed by atoms with Crippen molar-refractivity contribution >= 4 is 54.8 Å². The zero-order valence-electron chi connectivity index (χ0n) is 7.82. The lowest BCUT2D eigenvalue weighted by Crippen LogP contribution is -1.97. The van der Waals surface area contributed by atoms with Crippen LogP contribution in [0.2, 0.25) is 4.34 Å². The van der Waals surface area contributed by atoms with Gasteiger partial charge in [0.15, 0.2) is 0 Å². The minimum absolute atomic E-state index is 0.462. The molecule has 0 aromatic carbocycles. The molecular formula is C10H11Br2ClS. The van der Waals surface area contributed by atoms with Gasteiger partial charge >= 0.3 is 0 Å². The molecule has 1 saturated carbocycles. The monoisotopic (exact) mass is 356 g/mol. The summed E-state index contributed by atoms with van der Waals surface area (Å²) >= 11 is 14.9. The van der Waals surface area contributed by atoms with E-state index < -0.39 is 0 Å². The second-order valence-electron chi connectivity index (χ2n) is 4.25. The van der Waals surface area contributed by atoms with Crippen LogP contribution in [0.1, 0.15) is 35.9 Å². The predicted octanol–water partition coefficient (Wildman–Crippen LogP) is 5.79. The summed E-state index contributed by atoms with van der Waals surface area (Å²) in [5, 5.41) is 0. The van der Waals surface area contributed by atoms with Crippen LogP contribution in [0.3, 0.4) is 0 Å². The Morgan fingerprint density at radius 3 is 2.71 bits per heavy atom. The fraction of sp³-hybridized carbons (Fsp3) is 0.600. The van der Waals surface area contributed by atoms with Crippen molar-refractivity contribution in [2.24, 2.45) is 5.41 Å².